The van der Waals surface area contributed by atoms with Gasteiger partial charge in [0.25, 0.3) is 11.7 Å². The van der Waals surface area contributed by atoms with Crippen LogP contribution in [0, 0.1) is 0 Å². The van der Waals surface area contributed by atoms with Crippen LogP contribution in [0.25, 0.3) is 5.76 Å². The van der Waals surface area contributed by atoms with Gasteiger partial charge in [0.1, 0.15) is 11.5 Å². The first-order valence-corrected chi connectivity index (χ1v) is 10.5. The summed E-state index contributed by atoms with van der Waals surface area (Å²) in [6, 6.07) is 16.5. The molecule has 0 radical (unpaired) electrons. The molecule has 4 rings (SSSR count). The molecule has 1 N–H and O–H groups in total. The number of hydrogen-bond acceptors (Lipinski definition) is 5. The maximum atomic E-state index is 13.1. The van der Waals surface area contributed by atoms with E-state index in [9.17, 15) is 14.7 Å². The number of benzene rings is 2. The van der Waals surface area contributed by atoms with Crippen LogP contribution in [0.3, 0.4) is 0 Å². The van der Waals surface area contributed by atoms with Crippen molar-refractivity contribution in [3.63, 3.8) is 0 Å². The molecule has 1 saturated heterocycles. The molecular weight excluding hydrogens is 428 g/mol. The quantitative estimate of drug-likeness (QED) is 0.334. The molecule has 0 spiro atoms. The summed E-state index contributed by atoms with van der Waals surface area (Å²) in [5.74, 6) is -1.00. The number of aliphatic hydroxyl groups is 1. The van der Waals surface area contributed by atoms with E-state index in [2.05, 4.69) is 4.98 Å². The van der Waals surface area contributed by atoms with Gasteiger partial charge >= 0.3 is 0 Å². The number of ketones is 1. The number of likely N-dealkylation sites (tertiary alicyclic amines) is 1. The van der Waals surface area contributed by atoms with Crippen molar-refractivity contribution in [2.24, 2.45) is 0 Å². The lowest BCUT2D eigenvalue weighted by Crippen LogP contribution is -2.29. The molecule has 1 atom stereocenters. The van der Waals surface area contributed by atoms with Crippen LogP contribution in [0.2, 0.25) is 5.02 Å². The molecule has 2 heterocycles. The Balaban J connectivity index is 1.81. The van der Waals surface area contributed by atoms with E-state index in [0.717, 1.165) is 5.56 Å². The fraction of sp³-hybridized carbons (Fsp3) is 0.160. The Morgan fingerprint density at radius 3 is 2.44 bits per heavy atom. The minimum atomic E-state index is -0.765. The van der Waals surface area contributed by atoms with E-state index in [0.29, 0.717) is 28.5 Å². The summed E-state index contributed by atoms with van der Waals surface area (Å²) in [7, 11) is 0. The van der Waals surface area contributed by atoms with Crippen LogP contribution in [-0.2, 0) is 16.1 Å². The predicted molar refractivity (Wildman–Crippen MR) is 121 cm³/mol. The summed E-state index contributed by atoms with van der Waals surface area (Å²) in [6.45, 7) is 2.57. The van der Waals surface area contributed by atoms with Crippen LogP contribution in [-0.4, -0.2) is 33.3 Å². The topological polar surface area (TPSA) is 79.7 Å². The molecule has 32 heavy (non-hydrogen) atoms. The number of aliphatic hydroxyl groups excluding tert-OH is 1. The van der Waals surface area contributed by atoms with E-state index in [1.54, 1.807) is 67.0 Å². The van der Waals surface area contributed by atoms with E-state index in [-0.39, 0.29) is 17.9 Å². The largest absolute Gasteiger partial charge is 0.507 e. The molecule has 1 aliphatic rings. The number of Topliss-reactive ketones (excluding diaryl/α,β-unsaturated/α-hetero) is 1. The van der Waals surface area contributed by atoms with E-state index in [1.165, 1.54) is 4.90 Å². The number of pyridine rings is 1. The molecule has 3 aromatic rings. The standard InChI is InChI=1S/C25H21ClN2O4/c1-2-32-20-11-7-18(8-12-20)23(29)21-22(17-5-9-19(26)10-6-17)28(25(31)24(21)30)15-16-4-3-13-27-14-16/h3-14,22,29H,2,15H2,1H3/b23-21-. The van der Waals surface area contributed by atoms with Gasteiger partial charge in [-0.2, -0.15) is 0 Å². The van der Waals surface area contributed by atoms with E-state index < -0.39 is 17.7 Å². The highest BCUT2D eigenvalue weighted by Crippen LogP contribution is 2.40. The van der Waals surface area contributed by atoms with Crippen LogP contribution in [0.5, 0.6) is 5.75 Å². The van der Waals surface area contributed by atoms with Gasteiger partial charge in [0.2, 0.25) is 0 Å². The number of nitrogens with zero attached hydrogens (tertiary/aromatic N) is 2. The molecule has 1 amide bonds. The van der Waals surface area contributed by atoms with Gasteiger partial charge in [-0.3, -0.25) is 14.6 Å². The Kier molecular flexibility index (Phi) is 6.23. The SMILES string of the molecule is CCOc1ccc(/C(O)=C2/C(=O)C(=O)N(Cc3cccnc3)C2c2ccc(Cl)cc2)cc1. The molecular formula is C25H21ClN2O4. The molecule has 0 aliphatic carbocycles. The van der Waals surface area contributed by atoms with Crippen molar-refractivity contribution in [3.8, 4) is 5.75 Å². The molecule has 2 aromatic carbocycles. The predicted octanol–water partition coefficient (Wildman–Crippen LogP) is 4.76. The molecule has 1 unspecified atom stereocenters. The van der Waals surface area contributed by atoms with Crippen molar-refractivity contribution in [3.05, 3.63) is 100 Å². The van der Waals surface area contributed by atoms with Gasteiger partial charge in [0.05, 0.1) is 18.2 Å². The Bertz CT molecular complexity index is 1160. The number of rotatable bonds is 6. The summed E-state index contributed by atoms with van der Waals surface area (Å²) in [6.07, 6.45) is 3.28. The lowest BCUT2D eigenvalue weighted by molar-refractivity contribution is -0.140. The van der Waals surface area contributed by atoms with Crippen molar-refractivity contribution < 1.29 is 19.4 Å². The van der Waals surface area contributed by atoms with Gasteiger partial charge in [-0.05, 0) is 60.5 Å². The van der Waals surface area contributed by atoms with Crippen LogP contribution in [0.4, 0.5) is 0 Å². The van der Waals surface area contributed by atoms with E-state index in [4.69, 9.17) is 16.3 Å². The zero-order chi connectivity index (χ0) is 22.7. The van der Waals surface area contributed by atoms with Gasteiger partial charge < -0.3 is 14.7 Å². The molecule has 1 aromatic heterocycles. The third kappa shape index (κ3) is 4.22. The number of halogens is 1. The average Bonchev–Trinajstić information content (AvgIpc) is 3.05. The van der Waals surface area contributed by atoms with E-state index >= 15 is 0 Å². The molecule has 0 saturated carbocycles. The van der Waals surface area contributed by atoms with E-state index in [1.807, 2.05) is 13.0 Å². The second-order valence-corrected chi connectivity index (χ2v) is 7.73. The number of ether oxygens (including phenoxy) is 1. The summed E-state index contributed by atoms with van der Waals surface area (Å²) < 4.78 is 5.44. The minimum Gasteiger partial charge on any atom is -0.507 e. The number of hydrogen-bond donors (Lipinski definition) is 1. The Labute approximate surface area is 190 Å². The van der Waals surface area contributed by atoms with Crippen LogP contribution >= 0.6 is 11.6 Å². The fourth-order valence-corrected chi connectivity index (χ4v) is 3.88. The first-order chi connectivity index (χ1) is 15.5. The number of aromatic nitrogens is 1. The Hall–Kier alpha value is -3.64. The Morgan fingerprint density at radius 2 is 1.81 bits per heavy atom. The smallest absolute Gasteiger partial charge is 0.295 e. The van der Waals surface area contributed by atoms with Crippen molar-refractivity contribution in [2.75, 3.05) is 6.61 Å². The normalized spacial score (nSPS) is 17.6. The highest BCUT2D eigenvalue weighted by atomic mass is 35.5. The lowest BCUT2D eigenvalue weighted by atomic mass is 9.95. The number of carbonyl (C=O) groups is 2. The molecule has 6 nitrogen and oxygen atoms in total. The second-order valence-electron chi connectivity index (χ2n) is 7.30. The van der Waals surface area contributed by atoms with Crippen molar-refractivity contribution >= 4 is 29.1 Å². The Morgan fingerprint density at radius 1 is 1.09 bits per heavy atom. The number of amides is 1. The maximum absolute atomic E-state index is 13.1. The molecule has 1 aliphatic heterocycles. The van der Waals surface area contributed by atoms with Crippen molar-refractivity contribution in [1.29, 1.82) is 0 Å². The lowest BCUT2D eigenvalue weighted by Gasteiger charge is -2.25. The fourth-order valence-electron chi connectivity index (χ4n) is 3.75. The third-order valence-electron chi connectivity index (χ3n) is 5.24. The second kappa shape index (κ2) is 9.24. The molecule has 7 heteroatoms. The maximum Gasteiger partial charge on any atom is 0.295 e. The molecule has 0 bridgehead atoms. The summed E-state index contributed by atoms with van der Waals surface area (Å²) in [4.78, 5) is 31.6. The number of carbonyl (C=O) groups excluding carboxylic acids is 2. The van der Waals surface area contributed by atoms with Gasteiger partial charge in [-0.15, -0.1) is 0 Å². The van der Waals surface area contributed by atoms with Crippen LogP contribution in [0.15, 0.2) is 78.6 Å². The zero-order valence-electron chi connectivity index (χ0n) is 17.4. The third-order valence-corrected chi connectivity index (χ3v) is 5.49. The van der Waals surface area contributed by atoms with Gasteiger partial charge in [0.15, 0.2) is 0 Å². The average molecular weight is 449 g/mol. The minimum absolute atomic E-state index is 0.0328. The first-order valence-electron chi connectivity index (χ1n) is 10.2. The summed E-state index contributed by atoms with van der Waals surface area (Å²) >= 11 is 6.05. The van der Waals surface area contributed by atoms with Crippen molar-refractivity contribution in [2.45, 2.75) is 19.5 Å². The summed E-state index contributed by atoms with van der Waals surface area (Å²) in [5.41, 5.74) is 1.90. The monoisotopic (exact) mass is 448 g/mol. The van der Waals surface area contributed by atoms with Gasteiger partial charge in [0, 0.05) is 29.5 Å². The molecule has 1 fully saturated rings. The highest BCUT2D eigenvalue weighted by Gasteiger charge is 2.46. The van der Waals surface area contributed by atoms with Gasteiger partial charge in [-0.1, -0.05) is 29.8 Å². The molecule has 162 valence electrons. The van der Waals surface area contributed by atoms with Crippen LogP contribution < -0.4 is 4.74 Å². The van der Waals surface area contributed by atoms with Crippen molar-refractivity contribution in [1.82, 2.24) is 9.88 Å². The zero-order valence-corrected chi connectivity index (χ0v) is 18.1. The van der Waals surface area contributed by atoms with Crippen LogP contribution in [0.1, 0.15) is 29.7 Å². The summed E-state index contributed by atoms with van der Waals surface area (Å²) in [5, 5.41) is 11.6. The van der Waals surface area contributed by atoms with Gasteiger partial charge in [-0.25, -0.2) is 0 Å². The first kappa shape index (κ1) is 21.6. The highest BCUT2D eigenvalue weighted by molar-refractivity contribution is 6.46.